The maximum Gasteiger partial charge on any atom is 0.157 e. The van der Waals surface area contributed by atoms with Gasteiger partial charge in [-0.2, -0.15) is 0 Å². The van der Waals surface area contributed by atoms with Crippen molar-refractivity contribution in [3.8, 4) is 0 Å². The van der Waals surface area contributed by atoms with Crippen molar-refractivity contribution in [1.82, 2.24) is 9.97 Å². The summed E-state index contributed by atoms with van der Waals surface area (Å²) >= 11 is 5.02. The number of anilines is 1. The van der Waals surface area contributed by atoms with Crippen LogP contribution in [-0.4, -0.2) is 27.5 Å². The Morgan fingerprint density at radius 1 is 1.38 bits per heavy atom. The zero-order valence-corrected chi connectivity index (χ0v) is 9.78. The lowest BCUT2D eigenvalue weighted by atomic mass is 10.1. The fourth-order valence-electron chi connectivity index (χ4n) is 2.90. The monoisotopic (exact) mass is 234 g/mol. The predicted molar refractivity (Wildman–Crippen MR) is 66.4 cm³/mol. The third-order valence-corrected chi connectivity index (χ3v) is 3.79. The van der Waals surface area contributed by atoms with E-state index in [4.69, 9.17) is 18.0 Å². The van der Waals surface area contributed by atoms with Gasteiger partial charge in [0.15, 0.2) is 5.82 Å². The molecule has 5 heteroatoms. The molecule has 1 aliphatic carbocycles. The second kappa shape index (κ2) is 3.66. The second-order valence-electron chi connectivity index (χ2n) is 4.58. The third kappa shape index (κ3) is 1.46. The minimum absolute atomic E-state index is 0.339. The summed E-state index contributed by atoms with van der Waals surface area (Å²) in [5.74, 6) is 1.70. The lowest BCUT2D eigenvalue weighted by Crippen LogP contribution is -2.34. The molecular weight excluding hydrogens is 220 g/mol. The van der Waals surface area contributed by atoms with Crippen LogP contribution in [0.1, 0.15) is 25.0 Å². The highest BCUT2D eigenvalue weighted by atomic mass is 32.1. The molecule has 2 atom stereocenters. The molecule has 4 nitrogen and oxygen atoms in total. The number of hydrogen-bond acceptors (Lipinski definition) is 4. The molecule has 2 aliphatic rings. The quantitative estimate of drug-likeness (QED) is 0.777. The molecule has 1 aromatic rings. The van der Waals surface area contributed by atoms with Crippen LogP contribution in [0.25, 0.3) is 0 Å². The molecule has 3 rings (SSSR count). The first-order chi connectivity index (χ1) is 7.75. The van der Waals surface area contributed by atoms with E-state index in [1.165, 1.54) is 19.3 Å². The van der Waals surface area contributed by atoms with E-state index < -0.39 is 0 Å². The Bertz CT molecular complexity index is 434. The Kier molecular flexibility index (Phi) is 2.28. The Morgan fingerprint density at radius 3 is 2.81 bits per heavy atom. The molecule has 0 amide bonds. The van der Waals surface area contributed by atoms with E-state index in [0.717, 1.165) is 18.3 Å². The van der Waals surface area contributed by atoms with E-state index in [2.05, 4.69) is 14.9 Å². The van der Waals surface area contributed by atoms with Crippen LogP contribution in [0.15, 0.2) is 12.4 Å². The maximum atomic E-state index is 5.68. The highest BCUT2D eigenvalue weighted by Gasteiger charge is 2.39. The number of piperidine rings is 1. The van der Waals surface area contributed by atoms with Crippen LogP contribution in [-0.2, 0) is 0 Å². The van der Waals surface area contributed by atoms with Gasteiger partial charge >= 0.3 is 0 Å². The molecule has 16 heavy (non-hydrogen) atoms. The van der Waals surface area contributed by atoms with Gasteiger partial charge in [0.1, 0.15) is 10.7 Å². The summed E-state index contributed by atoms with van der Waals surface area (Å²) in [5.41, 5.74) is 6.35. The summed E-state index contributed by atoms with van der Waals surface area (Å²) in [7, 11) is 0. The van der Waals surface area contributed by atoms with Crippen LogP contribution in [0.2, 0.25) is 0 Å². The first kappa shape index (κ1) is 9.96. The normalized spacial score (nSPS) is 27.4. The van der Waals surface area contributed by atoms with Crippen molar-refractivity contribution >= 4 is 23.0 Å². The standard InChI is InChI=1S/C11H14N4S/c12-10(16)9-11(14-4-3-13-9)15-6-7-1-2-8(15)5-7/h3-4,7-8H,1-2,5-6H2,(H2,12,16). The van der Waals surface area contributed by atoms with Gasteiger partial charge in [-0.3, -0.25) is 0 Å². The van der Waals surface area contributed by atoms with Crippen molar-refractivity contribution in [1.29, 1.82) is 0 Å². The molecule has 2 heterocycles. The molecule has 0 spiro atoms. The van der Waals surface area contributed by atoms with Crippen molar-refractivity contribution in [2.24, 2.45) is 11.7 Å². The van der Waals surface area contributed by atoms with Crippen LogP contribution < -0.4 is 10.6 Å². The predicted octanol–water partition coefficient (Wildman–Crippen LogP) is 1.10. The largest absolute Gasteiger partial charge is 0.388 e. The van der Waals surface area contributed by atoms with E-state index >= 15 is 0 Å². The molecular formula is C11H14N4S. The average Bonchev–Trinajstić information content (AvgIpc) is 2.90. The van der Waals surface area contributed by atoms with Gasteiger partial charge in [0, 0.05) is 25.0 Å². The summed E-state index contributed by atoms with van der Waals surface area (Å²) < 4.78 is 0. The van der Waals surface area contributed by atoms with Gasteiger partial charge in [0.25, 0.3) is 0 Å². The molecule has 1 aromatic heterocycles. The molecule has 2 bridgehead atoms. The first-order valence-corrected chi connectivity index (χ1v) is 6.04. The summed E-state index contributed by atoms with van der Waals surface area (Å²) in [4.78, 5) is 11.3. The van der Waals surface area contributed by atoms with Gasteiger partial charge in [-0.05, 0) is 25.2 Å². The van der Waals surface area contributed by atoms with E-state index in [1.54, 1.807) is 12.4 Å². The first-order valence-electron chi connectivity index (χ1n) is 5.63. The molecule has 2 unspecified atom stereocenters. The van der Waals surface area contributed by atoms with Crippen LogP contribution in [0.4, 0.5) is 5.82 Å². The number of nitrogens with zero attached hydrogens (tertiary/aromatic N) is 3. The van der Waals surface area contributed by atoms with Crippen molar-refractivity contribution in [2.45, 2.75) is 25.3 Å². The van der Waals surface area contributed by atoms with Gasteiger partial charge in [-0.15, -0.1) is 0 Å². The highest BCUT2D eigenvalue weighted by molar-refractivity contribution is 7.80. The van der Waals surface area contributed by atoms with E-state index in [9.17, 15) is 0 Å². The summed E-state index contributed by atoms with van der Waals surface area (Å²) in [6, 6.07) is 0.620. The zero-order valence-electron chi connectivity index (χ0n) is 8.97. The van der Waals surface area contributed by atoms with Crippen LogP contribution >= 0.6 is 12.2 Å². The summed E-state index contributed by atoms with van der Waals surface area (Å²) in [5, 5.41) is 0. The lowest BCUT2D eigenvalue weighted by Gasteiger charge is -2.28. The van der Waals surface area contributed by atoms with E-state index in [1.807, 2.05) is 0 Å². The fourth-order valence-corrected chi connectivity index (χ4v) is 3.04. The maximum absolute atomic E-state index is 5.68. The van der Waals surface area contributed by atoms with Gasteiger partial charge in [0.2, 0.25) is 0 Å². The fraction of sp³-hybridized carbons (Fsp3) is 0.545. The Labute approximate surface area is 99.9 Å². The molecule has 84 valence electrons. The van der Waals surface area contributed by atoms with Crippen LogP contribution in [0, 0.1) is 5.92 Å². The summed E-state index contributed by atoms with van der Waals surface area (Å²) in [6.45, 7) is 1.08. The minimum atomic E-state index is 0.339. The zero-order chi connectivity index (χ0) is 11.1. The van der Waals surface area contributed by atoms with Gasteiger partial charge in [0.05, 0.1) is 0 Å². The van der Waals surface area contributed by atoms with Crippen molar-refractivity contribution in [3.63, 3.8) is 0 Å². The van der Waals surface area contributed by atoms with E-state index in [0.29, 0.717) is 16.7 Å². The smallest absolute Gasteiger partial charge is 0.157 e. The van der Waals surface area contributed by atoms with E-state index in [-0.39, 0.29) is 0 Å². The van der Waals surface area contributed by atoms with Crippen molar-refractivity contribution < 1.29 is 0 Å². The lowest BCUT2D eigenvalue weighted by molar-refractivity contribution is 0.549. The topological polar surface area (TPSA) is 55.0 Å². The van der Waals surface area contributed by atoms with Crippen LogP contribution in [0.3, 0.4) is 0 Å². The molecule has 2 fully saturated rings. The van der Waals surface area contributed by atoms with Crippen molar-refractivity contribution in [3.05, 3.63) is 18.1 Å². The molecule has 0 aromatic carbocycles. The highest BCUT2D eigenvalue weighted by Crippen LogP contribution is 2.39. The number of hydrogen-bond donors (Lipinski definition) is 1. The Morgan fingerprint density at radius 2 is 2.19 bits per heavy atom. The average molecular weight is 234 g/mol. The number of nitrogens with two attached hydrogens (primary N) is 1. The molecule has 1 saturated carbocycles. The van der Waals surface area contributed by atoms with Gasteiger partial charge in [-0.1, -0.05) is 12.2 Å². The number of fused-ring (bicyclic) bond motifs is 2. The van der Waals surface area contributed by atoms with Gasteiger partial charge < -0.3 is 10.6 Å². The molecule has 0 radical (unpaired) electrons. The Hall–Kier alpha value is -1.23. The third-order valence-electron chi connectivity index (χ3n) is 3.59. The number of thiocarbonyl (C=S) groups is 1. The molecule has 1 saturated heterocycles. The second-order valence-corrected chi connectivity index (χ2v) is 5.02. The number of rotatable bonds is 2. The summed E-state index contributed by atoms with van der Waals surface area (Å²) in [6.07, 6.45) is 7.25. The minimum Gasteiger partial charge on any atom is -0.388 e. The van der Waals surface area contributed by atoms with Crippen LogP contribution in [0.5, 0.6) is 0 Å². The van der Waals surface area contributed by atoms with Crippen molar-refractivity contribution in [2.75, 3.05) is 11.4 Å². The molecule has 1 aliphatic heterocycles. The Balaban J connectivity index is 1.97. The number of aromatic nitrogens is 2. The SMILES string of the molecule is NC(=S)c1nccnc1N1CC2CCC1C2. The molecule has 2 N–H and O–H groups in total. The van der Waals surface area contributed by atoms with Gasteiger partial charge in [-0.25, -0.2) is 9.97 Å².